The molecule has 2 aromatic rings. The quantitative estimate of drug-likeness (QED) is 0.473. The Morgan fingerprint density at radius 1 is 1.06 bits per heavy atom. The SMILES string of the molecule is N#CCCNS(=O)(=O)c1ccc(C(=O)NCCCNc2ccc(C(F)(F)F)cn2)cc1. The Balaban J connectivity index is 1.76. The van der Waals surface area contributed by atoms with Crippen LogP contribution < -0.4 is 15.4 Å². The third-order valence-electron chi connectivity index (χ3n) is 3.99. The van der Waals surface area contributed by atoms with Crippen molar-refractivity contribution >= 4 is 21.7 Å². The zero-order valence-corrected chi connectivity index (χ0v) is 17.1. The number of aromatic nitrogens is 1. The van der Waals surface area contributed by atoms with E-state index in [0.717, 1.165) is 12.3 Å². The smallest absolute Gasteiger partial charge is 0.370 e. The van der Waals surface area contributed by atoms with E-state index in [0.29, 0.717) is 25.3 Å². The number of amides is 1. The summed E-state index contributed by atoms with van der Waals surface area (Å²) in [6.45, 7) is 0.670. The van der Waals surface area contributed by atoms with E-state index < -0.39 is 27.7 Å². The summed E-state index contributed by atoms with van der Waals surface area (Å²) in [5, 5.41) is 14.0. The first-order valence-electron chi connectivity index (χ1n) is 9.15. The molecular weight excluding hydrogens is 435 g/mol. The van der Waals surface area contributed by atoms with Gasteiger partial charge in [0.1, 0.15) is 5.82 Å². The van der Waals surface area contributed by atoms with Crippen molar-refractivity contribution in [3.63, 3.8) is 0 Å². The topological polar surface area (TPSA) is 124 Å². The Morgan fingerprint density at radius 3 is 2.35 bits per heavy atom. The first kappa shape index (κ1) is 24.1. The van der Waals surface area contributed by atoms with Crippen LogP contribution in [0.5, 0.6) is 0 Å². The van der Waals surface area contributed by atoms with E-state index in [2.05, 4.69) is 20.3 Å². The summed E-state index contributed by atoms with van der Waals surface area (Å²) in [7, 11) is -3.75. The fourth-order valence-corrected chi connectivity index (χ4v) is 3.42. The second-order valence-electron chi connectivity index (χ2n) is 6.30. The van der Waals surface area contributed by atoms with E-state index in [-0.39, 0.29) is 23.4 Å². The van der Waals surface area contributed by atoms with E-state index >= 15 is 0 Å². The van der Waals surface area contributed by atoms with Crippen LogP contribution in [0.25, 0.3) is 0 Å². The first-order valence-corrected chi connectivity index (χ1v) is 10.6. The van der Waals surface area contributed by atoms with Crippen LogP contribution in [0.15, 0.2) is 47.5 Å². The largest absolute Gasteiger partial charge is 0.417 e. The monoisotopic (exact) mass is 455 g/mol. The number of carbonyl (C=O) groups is 1. The second kappa shape index (κ2) is 10.7. The van der Waals surface area contributed by atoms with E-state index in [1.807, 2.05) is 6.07 Å². The number of sulfonamides is 1. The van der Waals surface area contributed by atoms with E-state index in [9.17, 15) is 26.4 Å². The van der Waals surface area contributed by atoms with Crippen LogP contribution >= 0.6 is 0 Å². The molecule has 1 amide bonds. The normalized spacial score (nSPS) is 11.5. The molecule has 1 aromatic heterocycles. The van der Waals surface area contributed by atoms with Crippen molar-refractivity contribution < 1.29 is 26.4 Å². The Bertz CT molecular complexity index is 1020. The van der Waals surface area contributed by atoms with Crippen molar-refractivity contribution in [2.75, 3.05) is 25.0 Å². The Morgan fingerprint density at radius 2 is 1.77 bits per heavy atom. The number of hydrogen-bond donors (Lipinski definition) is 3. The van der Waals surface area contributed by atoms with Gasteiger partial charge in [0.15, 0.2) is 0 Å². The fourth-order valence-electron chi connectivity index (χ4n) is 2.39. The number of halogens is 3. The molecule has 2 rings (SSSR count). The van der Waals surface area contributed by atoms with Crippen LogP contribution in [-0.4, -0.2) is 38.9 Å². The van der Waals surface area contributed by atoms with Crippen molar-refractivity contribution in [3.05, 3.63) is 53.7 Å². The van der Waals surface area contributed by atoms with Gasteiger partial charge in [-0.3, -0.25) is 4.79 Å². The van der Waals surface area contributed by atoms with Gasteiger partial charge in [0.2, 0.25) is 10.0 Å². The van der Waals surface area contributed by atoms with Gasteiger partial charge >= 0.3 is 6.18 Å². The maximum absolute atomic E-state index is 12.5. The maximum Gasteiger partial charge on any atom is 0.417 e. The molecule has 3 N–H and O–H groups in total. The number of nitriles is 1. The molecule has 0 atom stereocenters. The van der Waals surface area contributed by atoms with Crippen LogP contribution in [0, 0.1) is 11.3 Å². The molecule has 0 aliphatic heterocycles. The van der Waals surface area contributed by atoms with Gasteiger partial charge in [0.05, 0.1) is 16.5 Å². The number of benzene rings is 1. The average Bonchev–Trinajstić information content (AvgIpc) is 2.73. The predicted octanol–water partition coefficient (Wildman–Crippen LogP) is 2.52. The molecule has 166 valence electrons. The molecule has 0 aliphatic carbocycles. The minimum absolute atomic E-state index is 0.00288. The zero-order chi connectivity index (χ0) is 22.9. The molecule has 1 heterocycles. The van der Waals surface area contributed by atoms with E-state index in [1.54, 1.807) is 0 Å². The lowest BCUT2D eigenvalue weighted by molar-refractivity contribution is -0.137. The average molecular weight is 455 g/mol. The number of nitrogens with zero attached hydrogens (tertiary/aromatic N) is 2. The summed E-state index contributed by atoms with van der Waals surface area (Å²) in [5.41, 5.74) is -0.560. The third kappa shape index (κ3) is 7.54. The minimum Gasteiger partial charge on any atom is -0.370 e. The van der Waals surface area contributed by atoms with Crippen LogP contribution in [0.3, 0.4) is 0 Å². The molecule has 0 unspecified atom stereocenters. The number of carbonyl (C=O) groups excluding carboxylic acids is 1. The molecule has 0 saturated carbocycles. The van der Waals surface area contributed by atoms with Gasteiger partial charge in [0.25, 0.3) is 5.91 Å². The standard InChI is InChI=1S/C19H20F3N5O3S/c20-19(21,22)15-5-8-17(26-13-15)24-10-2-11-25-18(28)14-3-6-16(7-4-14)31(29,30)27-12-1-9-23/h3-8,13,27H,1-2,10-12H2,(H,24,26)(H,25,28). The van der Waals surface area contributed by atoms with Crippen LogP contribution in [0.4, 0.5) is 19.0 Å². The van der Waals surface area contributed by atoms with Crippen molar-refractivity contribution in [1.82, 2.24) is 15.0 Å². The number of alkyl halides is 3. The molecule has 31 heavy (non-hydrogen) atoms. The van der Waals surface area contributed by atoms with Gasteiger partial charge in [-0.05, 0) is 42.8 Å². The highest BCUT2D eigenvalue weighted by Crippen LogP contribution is 2.28. The molecular formula is C19H20F3N5O3S. The Labute approximate surface area is 177 Å². The lowest BCUT2D eigenvalue weighted by Crippen LogP contribution is -2.26. The van der Waals surface area contributed by atoms with Gasteiger partial charge in [-0.1, -0.05) is 0 Å². The number of anilines is 1. The molecule has 0 radical (unpaired) electrons. The number of nitrogens with one attached hydrogen (secondary N) is 3. The minimum atomic E-state index is -4.44. The highest BCUT2D eigenvalue weighted by molar-refractivity contribution is 7.89. The number of pyridine rings is 1. The summed E-state index contributed by atoms with van der Waals surface area (Å²) in [4.78, 5) is 15.8. The van der Waals surface area contributed by atoms with Crippen LogP contribution in [-0.2, 0) is 16.2 Å². The highest BCUT2D eigenvalue weighted by atomic mass is 32.2. The van der Waals surface area contributed by atoms with Gasteiger partial charge in [-0.15, -0.1) is 0 Å². The highest BCUT2D eigenvalue weighted by Gasteiger charge is 2.30. The van der Waals surface area contributed by atoms with Crippen molar-refractivity contribution in [3.8, 4) is 6.07 Å². The van der Waals surface area contributed by atoms with Crippen molar-refractivity contribution in [2.45, 2.75) is 23.9 Å². The Hall–Kier alpha value is -3.17. The molecule has 0 fully saturated rings. The van der Waals surface area contributed by atoms with Gasteiger partial charge in [-0.2, -0.15) is 18.4 Å². The molecule has 0 spiro atoms. The number of hydrogen-bond acceptors (Lipinski definition) is 6. The predicted molar refractivity (Wildman–Crippen MR) is 107 cm³/mol. The summed E-state index contributed by atoms with van der Waals surface area (Å²) in [6, 6.07) is 9.32. The molecule has 1 aromatic carbocycles. The molecule has 0 aliphatic rings. The number of rotatable bonds is 10. The van der Waals surface area contributed by atoms with Gasteiger partial charge in [0, 0.05) is 37.8 Å². The fraction of sp³-hybridized carbons (Fsp3) is 0.316. The molecule has 12 heteroatoms. The lowest BCUT2D eigenvalue weighted by atomic mass is 10.2. The lowest BCUT2D eigenvalue weighted by Gasteiger charge is -2.09. The van der Waals surface area contributed by atoms with Gasteiger partial charge < -0.3 is 10.6 Å². The third-order valence-corrected chi connectivity index (χ3v) is 5.47. The van der Waals surface area contributed by atoms with Crippen LogP contribution in [0.2, 0.25) is 0 Å². The van der Waals surface area contributed by atoms with Crippen molar-refractivity contribution in [2.24, 2.45) is 0 Å². The summed E-state index contributed by atoms with van der Waals surface area (Å²) in [6.07, 6.45) is -3.16. The van der Waals surface area contributed by atoms with Crippen molar-refractivity contribution in [1.29, 1.82) is 5.26 Å². The zero-order valence-electron chi connectivity index (χ0n) is 16.2. The summed E-state index contributed by atoms with van der Waals surface area (Å²) in [5.74, 6) is -0.103. The van der Waals surface area contributed by atoms with E-state index in [1.165, 1.54) is 30.3 Å². The maximum atomic E-state index is 12.5. The summed E-state index contributed by atoms with van der Waals surface area (Å²) >= 11 is 0. The molecule has 0 saturated heterocycles. The first-order chi connectivity index (χ1) is 14.6. The molecule has 8 nitrogen and oxygen atoms in total. The Kier molecular flexibility index (Phi) is 8.35. The van der Waals surface area contributed by atoms with Gasteiger partial charge in [-0.25, -0.2) is 18.1 Å². The van der Waals surface area contributed by atoms with Crippen LogP contribution in [0.1, 0.15) is 28.8 Å². The molecule has 0 bridgehead atoms. The van der Waals surface area contributed by atoms with E-state index in [4.69, 9.17) is 5.26 Å². The second-order valence-corrected chi connectivity index (χ2v) is 8.06. The summed E-state index contributed by atoms with van der Waals surface area (Å²) < 4.78 is 63.8.